The van der Waals surface area contributed by atoms with Crippen LogP contribution < -0.4 is 15.4 Å². The molecule has 0 spiro atoms. The van der Waals surface area contributed by atoms with Crippen molar-refractivity contribution in [1.29, 1.82) is 0 Å². The van der Waals surface area contributed by atoms with E-state index in [2.05, 4.69) is 0 Å². The number of nitrogens with zero attached hydrogens (tertiary/aromatic N) is 2. The Balaban J connectivity index is 2.02. The van der Waals surface area contributed by atoms with Gasteiger partial charge in [-0.2, -0.15) is 0 Å². The first kappa shape index (κ1) is 32.3. The maximum Gasteiger partial charge on any atom is 0.514 e. The summed E-state index contributed by atoms with van der Waals surface area (Å²) < 4.78 is 16.4. The van der Waals surface area contributed by atoms with Gasteiger partial charge >= 0.3 is 6.16 Å². The summed E-state index contributed by atoms with van der Waals surface area (Å²) in [6.45, 7) is 4.91. The lowest BCUT2D eigenvalue weighted by molar-refractivity contribution is -0.177. The van der Waals surface area contributed by atoms with Gasteiger partial charge in [0.15, 0.2) is 11.4 Å². The molecule has 3 aliphatic carbocycles. The number of rotatable bonds is 6. The molecule has 1 fully saturated rings. The van der Waals surface area contributed by atoms with Crippen molar-refractivity contribution in [3.63, 3.8) is 0 Å². The van der Waals surface area contributed by atoms with Crippen LogP contribution >= 0.6 is 0 Å². The molecule has 1 aromatic rings. The Labute approximate surface area is 250 Å². The number of amides is 1. The van der Waals surface area contributed by atoms with Crippen LogP contribution in [0.15, 0.2) is 29.0 Å². The second-order valence-electron chi connectivity index (χ2n) is 13.0. The zero-order valence-electron chi connectivity index (χ0n) is 25.7. The molecule has 1 amide bonds. The van der Waals surface area contributed by atoms with Crippen LogP contribution in [0.3, 0.4) is 0 Å². The summed E-state index contributed by atoms with van der Waals surface area (Å²) in [6.07, 6.45) is -3.18. The molecule has 236 valence electrons. The lowest BCUT2D eigenvalue weighted by atomic mass is 9.51. The Morgan fingerprint density at radius 3 is 2.28 bits per heavy atom. The van der Waals surface area contributed by atoms with Crippen molar-refractivity contribution in [3.05, 3.63) is 40.2 Å². The fraction of sp³-hybridized carbons (Fsp3) is 0.567. The third-order valence-corrected chi connectivity index (χ3v) is 8.47. The molecule has 0 aliphatic heterocycles. The molecular formula is C30H41N3O10. The van der Waals surface area contributed by atoms with Crippen LogP contribution in [0.5, 0.6) is 5.75 Å². The highest BCUT2D eigenvalue weighted by Gasteiger charge is 2.68. The first-order valence-corrected chi connectivity index (χ1v) is 13.8. The highest BCUT2D eigenvalue weighted by molar-refractivity contribution is 6.12. The number of primary amides is 1. The molecule has 43 heavy (non-hydrogen) atoms. The van der Waals surface area contributed by atoms with Gasteiger partial charge in [0.05, 0.1) is 23.8 Å². The molecule has 0 bridgehead atoms. The predicted octanol–water partition coefficient (Wildman–Crippen LogP) is 1.45. The van der Waals surface area contributed by atoms with E-state index in [0.29, 0.717) is 11.3 Å². The Kier molecular flexibility index (Phi) is 8.11. The summed E-state index contributed by atoms with van der Waals surface area (Å²) >= 11 is 0. The second kappa shape index (κ2) is 10.8. The summed E-state index contributed by atoms with van der Waals surface area (Å²) in [7, 11) is 8.20. The van der Waals surface area contributed by atoms with Crippen molar-refractivity contribution in [2.45, 2.75) is 57.0 Å². The van der Waals surface area contributed by atoms with Gasteiger partial charge < -0.3 is 45.3 Å². The molecule has 13 nitrogen and oxygen atoms in total. The van der Waals surface area contributed by atoms with Crippen LogP contribution in [-0.4, -0.2) is 108 Å². The molecule has 4 rings (SSSR count). The third-order valence-electron chi connectivity index (χ3n) is 8.47. The SMILES string of the molecule is COC[C@@]12Cc3c(N(C)C)ccc(OC(=O)OC(C)(C)C)c3C(O)=C1C(=O)[C@]1(O)C(O)C(C(N)=O)=C(O)[C@@H](N(C)C)[C@@H]1C2. The number of aliphatic hydroxyl groups is 4. The highest BCUT2D eigenvalue weighted by atomic mass is 16.7. The van der Waals surface area contributed by atoms with Crippen LogP contribution in [0.2, 0.25) is 0 Å². The number of hydrogen-bond acceptors (Lipinski definition) is 12. The van der Waals surface area contributed by atoms with Gasteiger partial charge in [-0.05, 0) is 65.4 Å². The van der Waals surface area contributed by atoms with E-state index in [1.54, 1.807) is 59.9 Å². The second-order valence-corrected chi connectivity index (χ2v) is 13.0. The van der Waals surface area contributed by atoms with E-state index in [1.807, 2.05) is 0 Å². The number of ether oxygens (including phenoxy) is 3. The molecule has 5 atom stereocenters. The Morgan fingerprint density at radius 1 is 1.14 bits per heavy atom. The number of fused-ring (bicyclic) bond motifs is 3. The van der Waals surface area contributed by atoms with Gasteiger partial charge in [-0.15, -0.1) is 0 Å². The van der Waals surface area contributed by atoms with E-state index in [9.17, 15) is 34.8 Å². The normalized spacial score (nSPS) is 28.7. The minimum atomic E-state index is -2.66. The Hall–Kier alpha value is -3.65. The lowest BCUT2D eigenvalue weighted by Crippen LogP contribution is -2.70. The number of likely N-dealkylation sites (N-methyl/N-ethyl adjacent to an activating group) is 1. The molecule has 1 unspecified atom stereocenters. The number of hydrogen-bond donors (Lipinski definition) is 5. The van der Waals surface area contributed by atoms with E-state index < -0.39 is 69.6 Å². The smallest absolute Gasteiger partial charge is 0.510 e. The van der Waals surface area contributed by atoms with Crippen molar-refractivity contribution in [3.8, 4) is 5.75 Å². The standard InChI is InChI=1S/C30H41N3O10/c1-28(2,3)43-27(39)42-17-10-9-16(32(4)5)14-11-29(13-41-8)12-15-21(33(6)7)23(35)19(26(31)38)24(36)30(15,40)25(37)20(29)22(34)18(14)17/h9-10,15,21,24,34-36,40H,11-13H2,1-8H3,(H2,31,38)/t15-,21-,24?,29-,30+/m0/s1. The highest BCUT2D eigenvalue weighted by Crippen LogP contribution is 2.59. The minimum absolute atomic E-state index is 0.0390. The molecule has 1 saturated carbocycles. The van der Waals surface area contributed by atoms with Crippen LogP contribution in [0, 0.1) is 11.3 Å². The number of ketones is 1. The number of benzene rings is 1. The fourth-order valence-electron chi connectivity index (χ4n) is 6.90. The van der Waals surface area contributed by atoms with E-state index >= 15 is 0 Å². The van der Waals surface area contributed by atoms with Gasteiger partial charge in [0.1, 0.15) is 29.0 Å². The molecule has 1 aromatic carbocycles. The number of nitrogens with two attached hydrogens (primary N) is 1. The van der Waals surface area contributed by atoms with Crippen molar-refractivity contribution >= 4 is 29.3 Å². The average molecular weight is 604 g/mol. The number of carbonyl (C=O) groups is 3. The molecule has 0 saturated heterocycles. The molecule has 0 radical (unpaired) electrons. The van der Waals surface area contributed by atoms with Crippen molar-refractivity contribution in [2.75, 3.05) is 46.8 Å². The lowest BCUT2D eigenvalue weighted by Gasteiger charge is -2.56. The van der Waals surface area contributed by atoms with Crippen molar-refractivity contribution < 1.29 is 49.0 Å². The monoisotopic (exact) mass is 603 g/mol. The zero-order chi connectivity index (χ0) is 32.4. The number of anilines is 1. The van der Waals surface area contributed by atoms with Gasteiger partial charge in [0.25, 0.3) is 5.91 Å². The van der Waals surface area contributed by atoms with Crippen LogP contribution in [0.1, 0.15) is 38.3 Å². The predicted molar refractivity (Wildman–Crippen MR) is 156 cm³/mol. The molecule has 13 heteroatoms. The van der Waals surface area contributed by atoms with Crippen molar-refractivity contribution in [2.24, 2.45) is 17.1 Å². The van der Waals surface area contributed by atoms with Gasteiger partial charge in [-0.25, -0.2) is 4.79 Å². The fourth-order valence-corrected chi connectivity index (χ4v) is 6.90. The van der Waals surface area contributed by atoms with Gasteiger partial charge in [0, 0.05) is 43.8 Å². The van der Waals surface area contributed by atoms with Gasteiger partial charge in [-0.3, -0.25) is 14.5 Å². The van der Waals surface area contributed by atoms with E-state index in [4.69, 9.17) is 19.9 Å². The van der Waals surface area contributed by atoms with Gasteiger partial charge in [0.2, 0.25) is 0 Å². The molecule has 6 N–H and O–H groups in total. The van der Waals surface area contributed by atoms with E-state index in [-0.39, 0.29) is 36.3 Å². The molecule has 0 heterocycles. The Morgan fingerprint density at radius 2 is 1.77 bits per heavy atom. The van der Waals surface area contributed by atoms with E-state index in [1.165, 1.54) is 18.1 Å². The molecular weight excluding hydrogens is 562 g/mol. The maximum absolute atomic E-state index is 14.5. The minimum Gasteiger partial charge on any atom is -0.510 e. The summed E-state index contributed by atoms with van der Waals surface area (Å²) in [6, 6.07) is 2.08. The maximum atomic E-state index is 14.5. The summed E-state index contributed by atoms with van der Waals surface area (Å²) in [5, 5.41) is 46.4. The zero-order valence-corrected chi connectivity index (χ0v) is 25.7. The van der Waals surface area contributed by atoms with Crippen LogP contribution in [0.4, 0.5) is 10.5 Å². The quantitative estimate of drug-likeness (QED) is 0.233. The number of Topliss-reactive ketones (excluding diaryl/α,β-unsaturated/α-hetero) is 1. The first-order chi connectivity index (χ1) is 19.8. The summed E-state index contributed by atoms with van der Waals surface area (Å²) in [4.78, 5) is 42.9. The van der Waals surface area contributed by atoms with Crippen molar-refractivity contribution in [1.82, 2.24) is 4.90 Å². The number of carbonyl (C=O) groups excluding carboxylic acids is 3. The summed E-state index contributed by atoms with van der Waals surface area (Å²) in [5.41, 5.74) is 0.990. The number of methoxy groups -OCH3 is 1. The topological polar surface area (TPSA) is 192 Å². The molecule has 0 aromatic heterocycles. The van der Waals surface area contributed by atoms with E-state index in [0.717, 1.165) is 0 Å². The largest absolute Gasteiger partial charge is 0.514 e. The summed E-state index contributed by atoms with van der Waals surface area (Å²) in [5.74, 6) is -4.63. The number of aliphatic hydroxyl groups excluding tert-OH is 3. The first-order valence-electron chi connectivity index (χ1n) is 13.8. The van der Waals surface area contributed by atoms with Gasteiger partial charge in [-0.1, -0.05) is 0 Å². The van der Waals surface area contributed by atoms with Crippen LogP contribution in [0.25, 0.3) is 5.76 Å². The Bertz CT molecular complexity index is 1430. The molecule has 3 aliphatic rings. The van der Waals surface area contributed by atoms with Crippen LogP contribution in [-0.2, 0) is 25.5 Å². The average Bonchev–Trinajstić information content (AvgIpc) is 2.84. The third kappa shape index (κ3) is 5.03.